The van der Waals surface area contributed by atoms with Crippen LogP contribution in [0.4, 0.5) is 15.8 Å². The lowest BCUT2D eigenvalue weighted by Crippen LogP contribution is -2.04. The first-order valence-corrected chi connectivity index (χ1v) is 6.69. The van der Waals surface area contributed by atoms with Gasteiger partial charge in [-0.1, -0.05) is 28.1 Å². The molecule has 0 spiro atoms. The fraction of sp³-hybridized carbons (Fsp3) is 0.143. The van der Waals surface area contributed by atoms with E-state index >= 15 is 0 Å². The van der Waals surface area contributed by atoms with Crippen LogP contribution in [0.2, 0.25) is 0 Å². The summed E-state index contributed by atoms with van der Waals surface area (Å²) in [5.74, 6) is -0.360. The molecule has 0 aliphatic rings. The van der Waals surface area contributed by atoms with Gasteiger partial charge in [-0.15, -0.1) is 0 Å². The number of anilines is 1. The van der Waals surface area contributed by atoms with E-state index in [1.54, 1.807) is 31.2 Å². The van der Waals surface area contributed by atoms with Crippen molar-refractivity contribution in [3.63, 3.8) is 0 Å². The summed E-state index contributed by atoms with van der Waals surface area (Å²) in [6.07, 6.45) is 0. The van der Waals surface area contributed by atoms with E-state index in [2.05, 4.69) is 21.2 Å². The third kappa shape index (κ3) is 3.33. The SMILES string of the molecule is Cc1ccc(NCc2ccc(Br)cc2F)c([N+](=O)[O-])c1. The molecule has 2 rings (SSSR count). The molecule has 1 N–H and O–H groups in total. The Bertz CT molecular complexity index is 662. The summed E-state index contributed by atoms with van der Waals surface area (Å²) >= 11 is 3.18. The van der Waals surface area contributed by atoms with E-state index in [0.717, 1.165) is 5.56 Å². The van der Waals surface area contributed by atoms with Gasteiger partial charge in [0.1, 0.15) is 11.5 Å². The van der Waals surface area contributed by atoms with Gasteiger partial charge in [0.2, 0.25) is 0 Å². The van der Waals surface area contributed by atoms with Crippen LogP contribution in [-0.2, 0) is 6.54 Å². The highest BCUT2D eigenvalue weighted by Crippen LogP contribution is 2.26. The standard InChI is InChI=1S/C14H12BrFN2O2/c1-9-2-5-13(14(6-9)18(19)20)17-8-10-3-4-11(15)7-12(10)16/h2-7,17H,8H2,1H3. The molecule has 0 saturated heterocycles. The van der Waals surface area contributed by atoms with Crippen LogP contribution in [0.3, 0.4) is 0 Å². The number of benzene rings is 2. The molecule has 0 atom stereocenters. The van der Waals surface area contributed by atoms with Crippen LogP contribution in [0.15, 0.2) is 40.9 Å². The molecule has 0 aliphatic heterocycles. The molecular formula is C14H12BrFN2O2. The Labute approximate surface area is 123 Å². The van der Waals surface area contributed by atoms with Gasteiger partial charge in [0.25, 0.3) is 5.69 Å². The van der Waals surface area contributed by atoms with Gasteiger partial charge in [-0.3, -0.25) is 10.1 Å². The second-order valence-electron chi connectivity index (χ2n) is 4.37. The maximum absolute atomic E-state index is 13.7. The van der Waals surface area contributed by atoms with Crippen molar-refractivity contribution in [1.82, 2.24) is 0 Å². The van der Waals surface area contributed by atoms with Gasteiger partial charge in [-0.2, -0.15) is 0 Å². The molecule has 6 heteroatoms. The zero-order valence-corrected chi connectivity index (χ0v) is 12.3. The van der Waals surface area contributed by atoms with Crippen molar-refractivity contribution >= 4 is 27.3 Å². The Morgan fingerprint density at radius 3 is 2.70 bits per heavy atom. The minimum absolute atomic E-state index is 0.0116. The highest BCUT2D eigenvalue weighted by Gasteiger charge is 2.13. The monoisotopic (exact) mass is 338 g/mol. The van der Waals surface area contributed by atoms with Crippen molar-refractivity contribution in [1.29, 1.82) is 0 Å². The van der Waals surface area contributed by atoms with Crippen molar-refractivity contribution in [2.24, 2.45) is 0 Å². The first-order valence-electron chi connectivity index (χ1n) is 5.90. The Kier molecular flexibility index (Phi) is 4.34. The van der Waals surface area contributed by atoms with Crippen LogP contribution in [0.25, 0.3) is 0 Å². The normalized spacial score (nSPS) is 10.3. The predicted molar refractivity (Wildman–Crippen MR) is 79.3 cm³/mol. The van der Waals surface area contributed by atoms with E-state index in [1.165, 1.54) is 12.1 Å². The van der Waals surface area contributed by atoms with Gasteiger partial charge in [-0.25, -0.2) is 4.39 Å². The number of nitrogens with one attached hydrogen (secondary N) is 1. The molecule has 0 heterocycles. The molecule has 0 unspecified atom stereocenters. The molecule has 20 heavy (non-hydrogen) atoms. The van der Waals surface area contributed by atoms with E-state index in [1.807, 2.05) is 0 Å². The third-order valence-corrected chi connectivity index (χ3v) is 3.33. The molecule has 0 aromatic heterocycles. The number of nitro groups is 1. The molecule has 104 valence electrons. The molecule has 0 radical (unpaired) electrons. The van der Waals surface area contributed by atoms with E-state index in [9.17, 15) is 14.5 Å². The molecule has 0 saturated carbocycles. The minimum Gasteiger partial charge on any atom is -0.375 e. The molecule has 2 aromatic carbocycles. The lowest BCUT2D eigenvalue weighted by Gasteiger charge is -2.09. The third-order valence-electron chi connectivity index (χ3n) is 2.83. The largest absolute Gasteiger partial charge is 0.375 e. The van der Waals surface area contributed by atoms with Crippen LogP contribution in [0.1, 0.15) is 11.1 Å². The van der Waals surface area contributed by atoms with Crippen molar-refractivity contribution in [2.75, 3.05) is 5.32 Å². The van der Waals surface area contributed by atoms with Crippen LogP contribution >= 0.6 is 15.9 Å². The zero-order chi connectivity index (χ0) is 14.7. The molecular weight excluding hydrogens is 327 g/mol. The first kappa shape index (κ1) is 14.5. The van der Waals surface area contributed by atoms with Gasteiger partial charge in [0, 0.05) is 22.6 Å². The van der Waals surface area contributed by atoms with Gasteiger partial charge in [0.05, 0.1) is 4.92 Å². The summed E-state index contributed by atoms with van der Waals surface area (Å²) in [5, 5.41) is 13.9. The zero-order valence-electron chi connectivity index (χ0n) is 10.7. The summed E-state index contributed by atoms with van der Waals surface area (Å²) in [4.78, 5) is 10.5. The maximum atomic E-state index is 13.7. The van der Waals surface area contributed by atoms with Gasteiger partial charge in [0.15, 0.2) is 0 Å². The van der Waals surface area contributed by atoms with E-state index in [0.29, 0.717) is 15.7 Å². The fourth-order valence-electron chi connectivity index (χ4n) is 1.80. The Hall–Kier alpha value is -1.95. The Balaban J connectivity index is 2.20. The second-order valence-corrected chi connectivity index (χ2v) is 5.28. The number of halogens is 2. The topological polar surface area (TPSA) is 55.2 Å². The van der Waals surface area contributed by atoms with Gasteiger partial charge >= 0.3 is 0 Å². The number of nitrogens with zero attached hydrogens (tertiary/aromatic N) is 1. The van der Waals surface area contributed by atoms with Crippen LogP contribution in [0.5, 0.6) is 0 Å². The number of aryl methyl sites for hydroxylation is 1. The van der Waals surface area contributed by atoms with Gasteiger partial charge in [-0.05, 0) is 30.7 Å². The summed E-state index contributed by atoms with van der Waals surface area (Å²) < 4.78 is 14.3. The van der Waals surface area contributed by atoms with Crippen molar-refractivity contribution in [3.8, 4) is 0 Å². The van der Waals surface area contributed by atoms with E-state index < -0.39 is 4.92 Å². The minimum atomic E-state index is -0.451. The molecule has 0 amide bonds. The number of rotatable bonds is 4. The van der Waals surface area contributed by atoms with Gasteiger partial charge < -0.3 is 5.32 Å². The average Bonchev–Trinajstić information content (AvgIpc) is 2.38. The fourth-order valence-corrected chi connectivity index (χ4v) is 2.13. The second kappa shape index (κ2) is 6.00. The van der Waals surface area contributed by atoms with Crippen LogP contribution < -0.4 is 5.32 Å². The van der Waals surface area contributed by atoms with Crippen LogP contribution in [-0.4, -0.2) is 4.92 Å². The van der Waals surface area contributed by atoms with Crippen molar-refractivity contribution in [3.05, 3.63) is 67.9 Å². The Morgan fingerprint density at radius 2 is 2.05 bits per heavy atom. The highest BCUT2D eigenvalue weighted by molar-refractivity contribution is 9.10. The molecule has 2 aromatic rings. The van der Waals surface area contributed by atoms with E-state index in [4.69, 9.17) is 0 Å². The lowest BCUT2D eigenvalue weighted by atomic mass is 10.1. The maximum Gasteiger partial charge on any atom is 0.292 e. The van der Waals surface area contributed by atoms with Crippen molar-refractivity contribution in [2.45, 2.75) is 13.5 Å². The highest BCUT2D eigenvalue weighted by atomic mass is 79.9. The number of hydrogen-bond donors (Lipinski definition) is 1. The number of hydrogen-bond acceptors (Lipinski definition) is 3. The quantitative estimate of drug-likeness (QED) is 0.663. The lowest BCUT2D eigenvalue weighted by molar-refractivity contribution is -0.384. The van der Waals surface area contributed by atoms with E-state index in [-0.39, 0.29) is 18.0 Å². The smallest absolute Gasteiger partial charge is 0.292 e. The number of nitro benzene ring substituents is 1. The summed E-state index contributed by atoms with van der Waals surface area (Å²) in [6, 6.07) is 9.61. The molecule has 4 nitrogen and oxygen atoms in total. The summed E-state index contributed by atoms with van der Waals surface area (Å²) in [5.41, 5.74) is 1.62. The average molecular weight is 339 g/mol. The molecule has 0 aliphatic carbocycles. The Morgan fingerprint density at radius 1 is 1.30 bits per heavy atom. The molecule has 0 bridgehead atoms. The predicted octanol–water partition coefficient (Wildman–Crippen LogP) is 4.42. The molecule has 0 fully saturated rings. The summed E-state index contributed by atoms with van der Waals surface area (Å²) in [6.45, 7) is 1.97. The first-order chi connectivity index (χ1) is 9.47. The summed E-state index contributed by atoms with van der Waals surface area (Å²) in [7, 11) is 0. The van der Waals surface area contributed by atoms with Crippen molar-refractivity contribution < 1.29 is 9.31 Å². The van der Waals surface area contributed by atoms with Crippen LogP contribution in [0, 0.1) is 22.9 Å².